The number of carboxylic acid groups (broad SMARTS) is 1. The molecule has 1 aromatic carbocycles. The summed E-state index contributed by atoms with van der Waals surface area (Å²) in [5.41, 5.74) is -1.59. The van der Waals surface area contributed by atoms with E-state index < -0.39 is 34.7 Å². The lowest BCUT2D eigenvalue weighted by Crippen LogP contribution is -2.37. The zero-order valence-corrected chi connectivity index (χ0v) is 11.8. The highest BCUT2D eigenvalue weighted by Crippen LogP contribution is 2.32. The molecular weight excluding hydrogens is 287 g/mol. The van der Waals surface area contributed by atoms with Crippen molar-refractivity contribution >= 4 is 17.6 Å². The minimum atomic E-state index is -1.63. The number of halogens is 3. The van der Waals surface area contributed by atoms with Crippen LogP contribution in [0.2, 0.25) is 0 Å². The quantitative estimate of drug-likeness (QED) is 0.821. The molecule has 0 radical (unpaired) electrons. The second-order valence-electron chi connectivity index (χ2n) is 5.36. The van der Waals surface area contributed by atoms with Crippen molar-refractivity contribution in [1.82, 2.24) is 0 Å². The fourth-order valence-corrected chi connectivity index (χ4v) is 1.69. The van der Waals surface area contributed by atoms with Crippen LogP contribution in [0.4, 0.5) is 18.9 Å². The van der Waals surface area contributed by atoms with E-state index in [-0.39, 0.29) is 18.0 Å². The molecule has 21 heavy (non-hydrogen) atoms. The van der Waals surface area contributed by atoms with E-state index in [9.17, 15) is 27.9 Å². The lowest BCUT2D eigenvalue weighted by Gasteiger charge is -2.28. The van der Waals surface area contributed by atoms with Gasteiger partial charge in [0.2, 0.25) is 5.91 Å². The summed E-state index contributed by atoms with van der Waals surface area (Å²) in [5.74, 6) is -6.71. The van der Waals surface area contributed by atoms with Crippen LogP contribution in [0, 0.1) is 28.8 Å². The van der Waals surface area contributed by atoms with Crippen LogP contribution in [-0.4, -0.2) is 17.0 Å². The summed E-state index contributed by atoms with van der Waals surface area (Å²) in [5, 5.41) is 11.4. The Kier molecular flexibility index (Phi) is 4.98. The number of hydrogen-bond donors (Lipinski definition) is 2. The molecule has 0 saturated carbocycles. The van der Waals surface area contributed by atoms with E-state index in [2.05, 4.69) is 5.32 Å². The van der Waals surface area contributed by atoms with Gasteiger partial charge < -0.3 is 10.4 Å². The monoisotopic (exact) mass is 303 g/mol. The summed E-state index contributed by atoms with van der Waals surface area (Å²) in [4.78, 5) is 23.1. The third kappa shape index (κ3) is 3.74. The van der Waals surface area contributed by atoms with Gasteiger partial charge in [-0.15, -0.1) is 0 Å². The van der Waals surface area contributed by atoms with Crippen molar-refractivity contribution in [3.05, 3.63) is 29.6 Å². The molecule has 1 rings (SSSR count). The molecule has 1 aromatic rings. The molecule has 0 fully saturated rings. The van der Waals surface area contributed by atoms with E-state index in [0.29, 0.717) is 12.1 Å². The van der Waals surface area contributed by atoms with Gasteiger partial charge in [-0.1, -0.05) is 13.8 Å². The van der Waals surface area contributed by atoms with Crippen LogP contribution < -0.4 is 5.32 Å². The summed E-state index contributed by atoms with van der Waals surface area (Å²) < 4.78 is 38.8. The van der Waals surface area contributed by atoms with Crippen molar-refractivity contribution in [2.24, 2.45) is 11.3 Å². The number of carbonyl (C=O) groups excluding carboxylic acids is 1. The van der Waals surface area contributed by atoms with Crippen molar-refractivity contribution < 1.29 is 27.9 Å². The van der Waals surface area contributed by atoms with E-state index in [1.807, 2.05) is 0 Å². The first-order valence-corrected chi connectivity index (χ1v) is 6.25. The van der Waals surface area contributed by atoms with Crippen molar-refractivity contribution in [3.63, 3.8) is 0 Å². The zero-order valence-electron chi connectivity index (χ0n) is 11.8. The first kappa shape index (κ1) is 17.0. The van der Waals surface area contributed by atoms with Crippen LogP contribution >= 0.6 is 0 Å². The van der Waals surface area contributed by atoms with Gasteiger partial charge in [-0.25, -0.2) is 13.2 Å². The highest BCUT2D eigenvalue weighted by molar-refractivity contribution is 5.94. The molecule has 0 aliphatic rings. The number of carboxylic acids is 1. The molecule has 0 saturated heterocycles. The molecule has 0 spiro atoms. The molecule has 0 bridgehead atoms. The van der Waals surface area contributed by atoms with Gasteiger partial charge in [0.1, 0.15) is 0 Å². The van der Waals surface area contributed by atoms with E-state index in [1.165, 1.54) is 6.92 Å². The van der Waals surface area contributed by atoms with Crippen LogP contribution in [0.1, 0.15) is 27.2 Å². The summed E-state index contributed by atoms with van der Waals surface area (Å²) >= 11 is 0. The fraction of sp³-hybridized carbons (Fsp3) is 0.429. The summed E-state index contributed by atoms with van der Waals surface area (Å²) in [7, 11) is 0. The average molecular weight is 303 g/mol. The Morgan fingerprint density at radius 3 is 2.10 bits per heavy atom. The number of hydrogen-bond acceptors (Lipinski definition) is 2. The SMILES string of the molecule is CC(C)C(C)(CC(=O)Nc1cc(F)c(F)c(F)c1)C(=O)O. The van der Waals surface area contributed by atoms with Gasteiger partial charge in [-0.05, 0) is 12.8 Å². The van der Waals surface area contributed by atoms with Crippen molar-refractivity contribution in [1.29, 1.82) is 0 Å². The third-order valence-corrected chi connectivity index (χ3v) is 3.56. The lowest BCUT2D eigenvalue weighted by atomic mass is 9.76. The molecular formula is C14H16F3NO3. The predicted octanol–water partition coefficient (Wildman–Crippen LogP) is 3.18. The van der Waals surface area contributed by atoms with Gasteiger partial charge in [0, 0.05) is 24.2 Å². The summed E-state index contributed by atoms with van der Waals surface area (Å²) in [6.07, 6.45) is -0.374. The standard InChI is InChI=1S/C14H16F3NO3/c1-7(2)14(3,13(20)21)6-11(19)18-8-4-9(15)12(17)10(16)5-8/h4-5,7H,6H2,1-3H3,(H,18,19)(H,20,21). The zero-order chi connectivity index (χ0) is 16.4. The summed E-state index contributed by atoms with van der Waals surface area (Å²) in [6, 6.07) is 1.26. The van der Waals surface area contributed by atoms with Crippen molar-refractivity contribution in [2.45, 2.75) is 27.2 Å². The molecule has 4 nitrogen and oxygen atoms in total. The smallest absolute Gasteiger partial charge is 0.310 e. The second-order valence-corrected chi connectivity index (χ2v) is 5.36. The number of carbonyl (C=O) groups is 2. The van der Waals surface area contributed by atoms with Crippen LogP contribution in [0.25, 0.3) is 0 Å². The maximum atomic E-state index is 13.0. The van der Waals surface area contributed by atoms with Gasteiger partial charge in [0.25, 0.3) is 0 Å². The van der Waals surface area contributed by atoms with Crippen LogP contribution in [-0.2, 0) is 9.59 Å². The highest BCUT2D eigenvalue weighted by atomic mass is 19.2. The molecule has 7 heteroatoms. The minimum Gasteiger partial charge on any atom is -0.481 e. The number of nitrogens with one attached hydrogen (secondary N) is 1. The number of aliphatic carboxylic acids is 1. The van der Waals surface area contributed by atoms with E-state index in [0.717, 1.165) is 0 Å². The molecule has 1 amide bonds. The lowest BCUT2D eigenvalue weighted by molar-refractivity contribution is -0.153. The van der Waals surface area contributed by atoms with Gasteiger partial charge in [0.05, 0.1) is 5.41 Å². The molecule has 0 aliphatic carbocycles. The Morgan fingerprint density at radius 1 is 1.24 bits per heavy atom. The first-order chi connectivity index (χ1) is 9.57. The fourth-order valence-electron chi connectivity index (χ4n) is 1.69. The van der Waals surface area contributed by atoms with Crippen LogP contribution in [0.5, 0.6) is 0 Å². The normalized spacial score (nSPS) is 13.9. The van der Waals surface area contributed by atoms with E-state index in [4.69, 9.17) is 0 Å². The minimum absolute atomic E-state index is 0.270. The van der Waals surface area contributed by atoms with Gasteiger partial charge in [-0.2, -0.15) is 0 Å². The molecule has 1 atom stereocenters. The first-order valence-electron chi connectivity index (χ1n) is 6.25. The molecule has 1 unspecified atom stereocenters. The molecule has 0 heterocycles. The molecule has 2 N–H and O–H groups in total. The Labute approximate surface area is 120 Å². The van der Waals surface area contributed by atoms with Gasteiger partial charge >= 0.3 is 5.97 Å². The maximum absolute atomic E-state index is 13.0. The highest BCUT2D eigenvalue weighted by Gasteiger charge is 2.38. The average Bonchev–Trinajstić information content (AvgIpc) is 2.34. The van der Waals surface area contributed by atoms with Crippen LogP contribution in [0.15, 0.2) is 12.1 Å². The number of anilines is 1. The van der Waals surface area contributed by atoms with E-state index in [1.54, 1.807) is 13.8 Å². The van der Waals surface area contributed by atoms with Gasteiger partial charge in [0.15, 0.2) is 17.5 Å². The van der Waals surface area contributed by atoms with E-state index >= 15 is 0 Å². The summed E-state index contributed by atoms with van der Waals surface area (Å²) in [6.45, 7) is 4.71. The number of benzene rings is 1. The topological polar surface area (TPSA) is 66.4 Å². The van der Waals surface area contributed by atoms with Gasteiger partial charge in [-0.3, -0.25) is 9.59 Å². The Morgan fingerprint density at radius 2 is 1.71 bits per heavy atom. The Balaban J connectivity index is 2.90. The van der Waals surface area contributed by atoms with Crippen molar-refractivity contribution in [2.75, 3.05) is 5.32 Å². The van der Waals surface area contributed by atoms with Crippen LogP contribution in [0.3, 0.4) is 0 Å². The maximum Gasteiger partial charge on any atom is 0.310 e. The molecule has 0 aromatic heterocycles. The third-order valence-electron chi connectivity index (χ3n) is 3.56. The number of rotatable bonds is 5. The molecule has 0 aliphatic heterocycles. The second kappa shape index (κ2) is 6.15. The van der Waals surface area contributed by atoms with Crippen molar-refractivity contribution in [3.8, 4) is 0 Å². The largest absolute Gasteiger partial charge is 0.481 e. The number of amides is 1. The Hall–Kier alpha value is -2.05. The Bertz CT molecular complexity index is 552. The predicted molar refractivity (Wildman–Crippen MR) is 70.1 cm³/mol. The molecule has 116 valence electrons.